The third kappa shape index (κ3) is 4.82. The van der Waals surface area contributed by atoms with E-state index in [2.05, 4.69) is 15.9 Å². The molecule has 0 fully saturated rings. The van der Waals surface area contributed by atoms with Crippen LogP contribution < -0.4 is 9.47 Å². The van der Waals surface area contributed by atoms with Crippen LogP contribution >= 0.6 is 15.9 Å². The van der Waals surface area contributed by atoms with Gasteiger partial charge in [0, 0.05) is 19.8 Å². The minimum absolute atomic E-state index is 0.176. The molecule has 0 amide bonds. The summed E-state index contributed by atoms with van der Waals surface area (Å²) >= 11 is 3.45. The second-order valence-corrected chi connectivity index (χ2v) is 5.11. The van der Waals surface area contributed by atoms with Crippen LogP contribution in [0.3, 0.4) is 0 Å². The lowest BCUT2D eigenvalue weighted by atomic mass is 9.98. The molecule has 0 aliphatic rings. The molecule has 0 saturated carbocycles. The van der Waals surface area contributed by atoms with Gasteiger partial charge in [-0.2, -0.15) is 0 Å². The van der Waals surface area contributed by atoms with Gasteiger partial charge in [-0.25, -0.2) is 0 Å². The first-order valence-electron chi connectivity index (χ1n) is 7.04. The van der Waals surface area contributed by atoms with Crippen LogP contribution in [0.5, 0.6) is 11.5 Å². The molecule has 0 radical (unpaired) electrons. The van der Waals surface area contributed by atoms with Gasteiger partial charge < -0.3 is 18.9 Å². The van der Waals surface area contributed by atoms with Crippen molar-refractivity contribution in [1.82, 2.24) is 0 Å². The van der Waals surface area contributed by atoms with Gasteiger partial charge in [0.15, 0.2) is 13.6 Å². The number of methoxy groups -OCH3 is 2. The van der Waals surface area contributed by atoms with Crippen molar-refractivity contribution in [2.24, 2.45) is 0 Å². The van der Waals surface area contributed by atoms with Gasteiger partial charge in [0.1, 0.15) is 11.5 Å². The predicted molar refractivity (Wildman–Crippen MR) is 93.9 cm³/mol. The van der Waals surface area contributed by atoms with E-state index < -0.39 is 0 Å². The first-order chi connectivity index (χ1) is 11.3. The van der Waals surface area contributed by atoms with E-state index >= 15 is 0 Å². The van der Waals surface area contributed by atoms with Gasteiger partial charge in [-0.1, -0.05) is 46.3 Å². The summed E-state index contributed by atoms with van der Waals surface area (Å²) in [6.45, 7) is 0.367. The quantitative estimate of drug-likeness (QED) is 0.636. The molecule has 0 aliphatic carbocycles. The summed E-state index contributed by atoms with van der Waals surface area (Å²) in [5, 5.41) is 0. The molecular weight excluding hydrogens is 360 g/mol. The third-order valence-electron chi connectivity index (χ3n) is 3.11. The van der Waals surface area contributed by atoms with Crippen molar-refractivity contribution >= 4 is 21.5 Å². The molecule has 0 atom stereocenters. The van der Waals surface area contributed by atoms with Crippen molar-refractivity contribution in [3.8, 4) is 11.5 Å². The first kappa shape index (κ1) is 17.5. The van der Waals surface area contributed by atoms with E-state index in [1.807, 2.05) is 53.5 Å². The highest BCUT2D eigenvalue weighted by atomic mass is 79.9. The van der Waals surface area contributed by atoms with E-state index in [-0.39, 0.29) is 13.6 Å². The summed E-state index contributed by atoms with van der Waals surface area (Å²) in [5.74, 6) is 1.42. The van der Waals surface area contributed by atoms with Crippen LogP contribution in [0.25, 0.3) is 5.57 Å². The molecule has 0 aliphatic heterocycles. The van der Waals surface area contributed by atoms with Gasteiger partial charge in [-0.05, 0) is 34.3 Å². The maximum atomic E-state index is 5.68. The molecule has 2 aromatic carbocycles. The maximum Gasteiger partial charge on any atom is 0.188 e. The zero-order valence-corrected chi connectivity index (χ0v) is 14.7. The Morgan fingerprint density at radius 2 is 1.65 bits per heavy atom. The maximum absolute atomic E-state index is 5.68. The van der Waals surface area contributed by atoms with E-state index in [4.69, 9.17) is 18.9 Å². The van der Waals surface area contributed by atoms with Gasteiger partial charge in [-0.15, -0.1) is 0 Å². The van der Waals surface area contributed by atoms with Crippen molar-refractivity contribution in [3.05, 3.63) is 64.6 Å². The summed E-state index contributed by atoms with van der Waals surface area (Å²) in [6.07, 6.45) is 0. The number of rotatable bonds is 8. The Bertz CT molecular complexity index is 641. The van der Waals surface area contributed by atoms with Crippen LogP contribution in [0, 0.1) is 0 Å². The normalized spacial score (nSPS) is 11.3. The third-order valence-corrected chi connectivity index (χ3v) is 3.57. The molecule has 2 aromatic rings. The van der Waals surface area contributed by atoms with Gasteiger partial charge in [0.25, 0.3) is 0 Å². The highest BCUT2D eigenvalue weighted by Gasteiger charge is 2.13. The summed E-state index contributed by atoms with van der Waals surface area (Å²) in [6, 6.07) is 15.7. The fourth-order valence-corrected chi connectivity index (χ4v) is 2.59. The highest BCUT2D eigenvalue weighted by molar-refractivity contribution is 9.11. The lowest BCUT2D eigenvalue weighted by Crippen LogP contribution is -2.04. The van der Waals surface area contributed by atoms with Gasteiger partial charge in [-0.3, -0.25) is 0 Å². The Morgan fingerprint density at radius 1 is 0.957 bits per heavy atom. The van der Waals surface area contributed by atoms with Crippen LogP contribution in [0.15, 0.2) is 53.5 Å². The van der Waals surface area contributed by atoms with Crippen molar-refractivity contribution in [1.29, 1.82) is 0 Å². The smallest absolute Gasteiger partial charge is 0.188 e. The van der Waals surface area contributed by atoms with Crippen molar-refractivity contribution in [3.63, 3.8) is 0 Å². The van der Waals surface area contributed by atoms with E-state index in [1.165, 1.54) is 0 Å². The summed E-state index contributed by atoms with van der Waals surface area (Å²) in [7, 11) is 3.18. The highest BCUT2D eigenvalue weighted by Crippen LogP contribution is 2.35. The zero-order chi connectivity index (χ0) is 16.5. The summed E-state index contributed by atoms with van der Waals surface area (Å²) < 4.78 is 21.2. The predicted octanol–water partition coefficient (Wildman–Crippen LogP) is 4.44. The van der Waals surface area contributed by atoms with Crippen molar-refractivity contribution in [2.45, 2.75) is 0 Å². The SMILES string of the molecule is COCOc1ccc(OCOC)c(C(=CBr)c2ccccc2)c1. The molecule has 0 bridgehead atoms. The lowest BCUT2D eigenvalue weighted by Gasteiger charge is -2.15. The molecule has 0 N–H and O–H groups in total. The molecule has 0 spiro atoms. The van der Waals surface area contributed by atoms with Gasteiger partial charge in [0.2, 0.25) is 0 Å². The zero-order valence-electron chi connectivity index (χ0n) is 13.1. The fourth-order valence-electron chi connectivity index (χ4n) is 2.08. The van der Waals surface area contributed by atoms with Crippen molar-refractivity contribution in [2.75, 3.05) is 27.8 Å². The number of halogens is 1. The number of hydrogen-bond acceptors (Lipinski definition) is 4. The first-order valence-corrected chi connectivity index (χ1v) is 7.95. The van der Waals surface area contributed by atoms with Crippen LogP contribution in [0.2, 0.25) is 0 Å². The standard InChI is InChI=1S/C18H19BrO4/c1-20-12-22-15-8-9-18(23-13-21-2)16(10-15)17(11-19)14-6-4-3-5-7-14/h3-11H,12-13H2,1-2H3. The second-order valence-electron chi connectivity index (χ2n) is 4.65. The van der Waals surface area contributed by atoms with Crippen LogP contribution in [-0.4, -0.2) is 27.8 Å². The van der Waals surface area contributed by atoms with E-state index in [9.17, 15) is 0 Å². The Hall–Kier alpha value is -1.82. The number of hydrogen-bond donors (Lipinski definition) is 0. The topological polar surface area (TPSA) is 36.9 Å². The summed E-state index contributed by atoms with van der Waals surface area (Å²) in [5.41, 5.74) is 2.95. The Labute approximate surface area is 144 Å². The molecule has 122 valence electrons. The molecule has 5 heteroatoms. The minimum Gasteiger partial charge on any atom is -0.468 e. The summed E-state index contributed by atoms with van der Waals surface area (Å²) in [4.78, 5) is 1.87. The molecule has 23 heavy (non-hydrogen) atoms. The average molecular weight is 379 g/mol. The van der Waals surface area contributed by atoms with Crippen LogP contribution in [0.1, 0.15) is 11.1 Å². The van der Waals surface area contributed by atoms with Crippen LogP contribution in [-0.2, 0) is 9.47 Å². The molecule has 0 aromatic heterocycles. The average Bonchev–Trinajstić information content (AvgIpc) is 2.60. The molecule has 0 unspecified atom stereocenters. The Balaban J connectivity index is 2.42. The largest absolute Gasteiger partial charge is 0.468 e. The lowest BCUT2D eigenvalue weighted by molar-refractivity contribution is 0.0482. The van der Waals surface area contributed by atoms with E-state index in [0.29, 0.717) is 11.5 Å². The fraction of sp³-hybridized carbons (Fsp3) is 0.222. The molecule has 4 nitrogen and oxygen atoms in total. The molecular formula is C18H19BrO4. The van der Waals surface area contributed by atoms with Crippen molar-refractivity contribution < 1.29 is 18.9 Å². The second kappa shape index (κ2) is 9.35. The van der Waals surface area contributed by atoms with E-state index in [1.54, 1.807) is 14.2 Å². The number of ether oxygens (including phenoxy) is 4. The van der Waals surface area contributed by atoms with Gasteiger partial charge >= 0.3 is 0 Å². The molecule has 0 heterocycles. The monoisotopic (exact) mass is 378 g/mol. The number of benzene rings is 2. The molecule has 2 rings (SSSR count). The Morgan fingerprint density at radius 3 is 2.30 bits per heavy atom. The molecule has 0 saturated heterocycles. The van der Waals surface area contributed by atoms with Crippen LogP contribution in [0.4, 0.5) is 0 Å². The van der Waals surface area contributed by atoms with Gasteiger partial charge in [0.05, 0.1) is 0 Å². The minimum atomic E-state index is 0.176. The van der Waals surface area contributed by atoms with E-state index in [0.717, 1.165) is 16.7 Å². The Kier molecular flexibility index (Phi) is 7.13.